The number of methoxy groups -OCH3 is 1. The van der Waals surface area contributed by atoms with Gasteiger partial charge in [0.25, 0.3) is 0 Å². The van der Waals surface area contributed by atoms with Gasteiger partial charge >= 0.3 is 0 Å². The Morgan fingerprint density at radius 2 is 2.12 bits per heavy atom. The van der Waals surface area contributed by atoms with Gasteiger partial charge in [-0.2, -0.15) is 0 Å². The van der Waals surface area contributed by atoms with Crippen LogP contribution in [0.2, 0.25) is 0 Å². The highest BCUT2D eigenvalue weighted by molar-refractivity contribution is 5.53. The van der Waals surface area contributed by atoms with Crippen LogP contribution in [0.25, 0.3) is 0 Å². The molecule has 16 heavy (non-hydrogen) atoms. The molecule has 0 amide bonds. The van der Waals surface area contributed by atoms with Crippen molar-refractivity contribution in [3.8, 4) is 5.75 Å². The number of hydrogen-bond donors (Lipinski definition) is 1. The van der Waals surface area contributed by atoms with Crippen molar-refractivity contribution < 1.29 is 4.74 Å². The third-order valence-electron chi connectivity index (χ3n) is 2.86. The maximum atomic E-state index is 5.19. The van der Waals surface area contributed by atoms with Crippen LogP contribution in [0.15, 0.2) is 18.2 Å². The Bertz CT molecular complexity index is 323. The van der Waals surface area contributed by atoms with Gasteiger partial charge in [-0.25, -0.2) is 0 Å². The van der Waals surface area contributed by atoms with E-state index in [1.165, 1.54) is 24.1 Å². The fraction of sp³-hybridized carbons (Fsp3) is 0.571. The molecule has 0 aliphatic rings. The summed E-state index contributed by atoms with van der Waals surface area (Å²) in [6.45, 7) is 7.67. The molecule has 0 fully saturated rings. The van der Waals surface area contributed by atoms with E-state index in [9.17, 15) is 0 Å². The van der Waals surface area contributed by atoms with Gasteiger partial charge in [-0.15, -0.1) is 0 Å². The maximum absolute atomic E-state index is 5.19. The summed E-state index contributed by atoms with van der Waals surface area (Å²) in [4.78, 5) is 0. The first kappa shape index (κ1) is 12.9. The summed E-state index contributed by atoms with van der Waals surface area (Å²) >= 11 is 0. The summed E-state index contributed by atoms with van der Waals surface area (Å²) < 4.78 is 5.19. The number of anilines is 1. The second kappa shape index (κ2) is 6.41. The van der Waals surface area contributed by atoms with Crippen LogP contribution in [0.4, 0.5) is 5.69 Å². The van der Waals surface area contributed by atoms with Crippen LogP contribution >= 0.6 is 0 Å². The van der Waals surface area contributed by atoms with Crippen molar-refractivity contribution in [3.05, 3.63) is 23.8 Å². The Hall–Kier alpha value is -1.18. The average molecular weight is 221 g/mol. The van der Waals surface area contributed by atoms with Gasteiger partial charge in [0.05, 0.1) is 7.11 Å². The molecule has 1 rings (SSSR count). The fourth-order valence-electron chi connectivity index (χ4n) is 1.84. The molecule has 90 valence electrons. The minimum Gasteiger partial charge on any atom is -0.497 e. The number of aryl methyl sites for hydroxylation is 1. The van der Waals surface area contributed by atoms with Crippen LogP contribution in [0, 0.1) is 12.8 Å². The Morgan fingerprint density at radius 3 is 2.69 bits per heavy atom. The zero-order chi connectivity index (χ0) is 12.0. The highest BCUT2D eigenvalue weighted by Crippen LogP contribution is 2.21. The summed E-state index contributed by atoms with van der Waals surface area (Å²) in [5.41, 5.74) is 2.45. The predicted molar refractivity (Wildman–Crippen MR) is 70.3 cm³/mol. The van der Waals surface area contributed by atoms with E-state index >= 15 is 0 Å². The molecule has 0 aromatic heterocycles. The van der Waals surface area contributed by atoms with E-state index in [1.807, 2.05) is 6.07 Å². The quantitative estimate of drug-likeness (QED) is 0.787. The average Bonchev–Trinajstić information content (AvgIpc) is 2.27. The first-order valence-corrected chi connectivity index (χ1v) is 6.05. The fourth-order valence-corrected chi connectivity index (χ4v) is 1.84. The predicted octanol–water partition coefficient (Wildman–Crippen LogP) is 3.85. The lowest BCUT2D eigenvalue weighted by Gasteiger charge is -2.14. The van der Waals surface area contributed by atoms with E-state index in [0.29, 0.717) is 0 Å². The maximum Gasteiger partial charge on any atom is 0.119 e. The Balaban J connectivity index is 2.54. The largest absolute Gasteiger partial charge is 0.497 e. The number of rotatable bonds is 6. The molecule has 0 radical (unpaired) electrons. The molecule has 0 heterocycles. The first-order chi connectivity index (χ1) is 7.67. The van der Waals surface area contributed by atoms with Crippen molar-refractivity contribution in [2.24, 2.45) is 5.92 Å². The first-order valence-electron chi connectivity index (χ1n) is 6.05. The normalized spacial score (nSPS) is 12.2. The van der Waals surface area contributed by atoms with E-state index in [4.69, 9.17) is 4.74 Å². The van der Waals surface area contributed by atoms with Gasteiger partial charge in [-0.3, -0.25) is 0 Å². The molecule has 0 aliphatic carbocycles. The second-order valence-electron chi connectivity index (χ2n) is 4.46. The molecule has 1 aromatic carbocycles. The van der Waals surface area contributed by atoms with Gasteiger partial charge in [0.2, 0.25) is 0 Å². The smallest absolute Gasteiger partial charge is 0.119 e. The molecule has 1 N–H and O–H groups in total. The summed E-state index contributed by atoms with van der Waals surface area (Å²) in [6, 6.07) is 6.15. The molecule has 2 nitrogen and oxygen atoms in total. The van der Waals surface area contributed by atoms with Gasteiger partial charge in [0.1, 0.15) is 5.75 Å². The molecule has 1 unspecified atom stereocenters. The van der Waals surface area contributed by atoms with Crippen LogP contribution < -0.4 is 10.1 Å². The minimum atomic E-state index is 0.728. The zero-order valence-corrected chi connectivity index (χ0v) is 10.8. The molecule has 2 heteroatoms. The van der Waals surface area contributed by atoms with Gasteiger partial charge in [0.15, 0.2) is 0 Å². The van der Waals surface area contributed by atoms with Crippen molar-refractivity contribution in [1.82, 2.24) is 0 Å². The Morgan fingerprint density at radius 1 is 1.38 bits per heavy atom. The summed E-state index contributed by atoms with van der Waals surface area (Å²) in [7, 11) is 1.70. The van der Waals surface area contributed by atoms with Gasteiger partial charge < -0.3 is 10.1 Å². The van der Waals surface area contributed by atoms with E-state index in [0.717, 1.165) is 18.2 Å². The minimum absolute atomic E-state index is 0.728. The van der Waals surface area contributed by atoms with E-state index in [-0.39, 0.29) is 0 Å². The molecule has 0 aliphatic heterocycles. The van der Waals surface area contributed by atoms with Crippen molar-refractivity contribution in [3.63, 3.8) is 0 Å². The van der Waals surface area contributed by atoms with Crippen molar-refractivity contribution in [2.45, 2.75) is 33.6 Å². The van der Waals surface area contributed by atoms with Gasteiger partial charge in [-0.1, -0.05) is 20.3 Å². The number of hydrogen-bond acceptors (Lipinski definition) is 2. The van der Waals surface area contributed by atoms with Crippen molar-refractivity contribution in [2.75, 3.05) is 19.0 Å². The Kier molecular flexibility index (Phi) is 5.17. The van der Waals surface area contributed by atoms with Crippen LogP contribution in [-0.4, -0.2) is 13.7 Å². The molecule has 0 saturated heterocycles. The lowest BCUT2D eigenvalue weighted by atomic mass is 10.1. The Labute approximate surface area is 99.0 Å². The number of nitrogens with one attached hydrogen (secondary N) is 1. The number of ether oxygens (including phenoxy) is 1. The lowest BCUT2D eigenvalue weighted by molar-refractivity contribution is 0.414. The third-order valence-corrected chi connectivity index (χ3v) is 2.86. The van der Waals surface area contributed by atoms with E-state index < -0.39 is 0 Å². The van der Waals surface area contributed by atoms with Crippen LogP contribution in [0.3, 0.4) is 0 Å². The molecule has 1 aromatic rings. The van der Waals surface area contributed by atoms with E-state index in [2.05, 4.69) is 38.2 Å². The number of benzene rings is 1. The molecule has 1 atom stereocenters. The monoisotopic (exact) mass is 221 g/mol. The topological polar surface area (TPSA) is 21.3 Å². The third kappa shape index (κ3) is 3.76. The highest BCUT2D eigenvalue weighted by Gasteiger charge is 2.03. The van der Waals surface area contributed by atoms with Gasteiger partial charge in [0, 0.05) is 12.2 Å². The summed E-state index contributed by atoms with van der Waals surface area (Å²) in [5.74, 6) is 1.65. The molecule has 0 saturated carbocycles. The zero-order valence-electron chi connectivity index (χ0n) is 10.8. The van der Waals surface area contributed by atoms with E-state index in [1.54, 1.807) is 7.11 Å². The van der Waals surface area contributed by atoms with Crippen molar-refractivity contribution >= 4 is 5.69 Å². The summed E-state index contributed by atoms with van der Waals surface area (Å²) in [6.07, 6.45) is 2.53. The van der Waals surface area contributed by atoms with Crippen LogP contribution in [0.5, 0.6) is 5.75 Å². The second-order valence-corrected chi connectivity index (χ2v) is 4.46. The van der Waals surface area contributed by atoms with Gasteiger partial charge in [-0.05, 0) is 43.0 Å². The van der Waals surface area contributed by atoms with Crippen LogP contribution in [0.1, 0.15) is 32.3 Å². The van der Waals surface area contributed by atoms with Crippen molar-refractivity contribution in [1.29, 1.82) is 0 Å². The molecular formula is C14H23NO. The lowest BCUT2D eigenvalue weighted by Crippen LogP contribution is -2.11. The SMILES string of the molecule is CCCC(C)CNc1ccc(OC)cc1C. The summed E-state index contributed by atoms with van der Waals surface area (Å²) in [5, 5.41) is 3.49. The molecular weight excluding hydrogens is 198 g/mol. The molecule has 0 spiro atoms. The highest BCUT2D eigenvalue weighted by atomic mass is 16.5. The van der Waals surface area contributed by atoms with Crippen LogP contribution in [-0.2, 0) is 0 Å². The standard InChI is InChI=1S/C14H23NO/c1-5-6-11(2)10-15-14-8-7-13(16-4)9-12(14)3/h7-9,11,15H,5-6,10H2,1-4H3. The molecule has 0 bridgehead atoms.